The van der Waals surface area contributed by atoms with E-state index in [1.165, 1.54) is 0 Å². The molecule has 0 aliphatic carbocycles. The Labute approximate surface area is 114 Å². The SMILES string of the molecule is O=C(O)CCN(CCCO)CCCN1CCOCC1. The Balaban J connectivity index is 2.16. The van der Waals surface area contributed by atoms with Crippen molar-refractivity contribution in [3.05, 3.63) is 0 Å². The smallest absolute Gasteiger partial charge is 0.304 e. The van der Waals surface area contributed by atoms with Gasteiger partial charge in [0.15, 0.2) is 0 Å². The van der Waals surface area contributed by atoms with Gasteiger partial charge in [0.25, 0.3) is 0 Å². The maximum absolute atomic E-state index is 10.6. The van der Waals surface area contributed by atoms with E-state index in [1.54, 1.807) is 0 Å². The van der Waals surface area contributed by atoms with Gasteiger partial charge in [-0.05, 0) is 25.9 Å². The molecule has 1 aliphatic rings. The minimum absolute atomic E-state index is 0.160. The number of morpholine rings is 1. The zero-order valence-electron chi connectivity index (χ0n) is 11.6. The van der Waals surface area contributed by atoms with Gasteiger partial charge < -0.3 is 19.8 Å². The van der Waals surface area contributed by atoms with Crippen LogP contribution in [0.5, 0.6) is 0 Å². The van der Waals surface area contributed by atoms with Gasteiger partial charge in [-0.2, -0.15) is 0 Å². The van der Waals surface area contributed by atoms with Crippen LogP contribution in [0.3, 0.4) is 0 Å². The zero-order valence-corrected chi connectivity index (χ0v) is 11.6. The summed E-state index contributed by atoms with van der Waals surface area (Å²) in [7, 11) is 0. The maximum atomic E-state index is 10.6. The Morgan fingerprint density at radius 3 is 2.47 bits per heavy atom. The van der Waals surface area contributed by atoms with Gasteiger partial charge in [0.1, 0.15) is 0 Å². The van der Waals surface area contributed by atoms with E-state index in [0.29, 0.717) is 13.0 Å². The second-order valence-electron chi connectivity index (χ2n) is 4.87. The first-order chi connectivity index (χ1) is 9.22. The number of hydrogen-bond donors (Lipinski definition) is 2. The number of aliphatic hydroxyl groups excluding tert-OH is 1. The third-order valence-corrected chi connectivity index (χ3v) is 3.33. The molecule has 0 aromatic rings. The molecule has 1 fully saturated rings. The lowest BCUT2D eigenvalue weighted by atomic mass is 10.3. The van der Waals surface area contributed by atoms with E-state index in [1.807, 2.05) is 0 Å². The topological polar surface area (TPSA) is 73.2 Å². The van der Waals surface area contributed by atoms with Crippen LogP contribution in [0.15, 0.2) is 0 Å². The fourth-order valence-corrected chi connectivity index (χ4v) is 2.23. The summed E-state index contributed by atoms with van der Waals surface area (Å²) >= 11 is 0. The fourth-order valence-electron chi connectivity index (χ4n) is 2.23. The molecule has 1 saturated heterocycles. The third kappa shape index (κ3) is 8.15. The number of carboxylic acid groups (broad SMARTS) is 1. The summed E-state index contributed by atoms with van der Waals surface area (Å²) in [5.74, 6) is -0.762. The molecule has 0 atom stereocenters. The standard InChI is InChI=1S/C13H26N2O4/c16-10-2-6-14(7-3-13(17)18)4-1-5-15-8-11-19-12-9-15/h16H,1-12H2,(H,17,18). The van der Waals surface area contributed by atoms with Crippen LogP contribution in [0.2, 0.25) is 0 Å². The van der Waals surface area contributed by atoms with Gasteiger partial charge in [0.2, 0.25) is 0 Å². The predicted molar refractivity (Wildman–Crippen MR) is 72.3 cm³/mol. The molecule has 0 amide bonds. The molecule has 0 saturated carbocycles. The highest BCUT2D eigenvalue weighted by atomic mass is 16.5. The van der Waals surface area contributed by atoms with Gasteiger partial charge in [-0.3, -0.25) is 9.69 Å². The third-order valence-electron chi connectivity index (χ3n) is 3.33. The number of nitrogens with zero attached hydrogens (tertiary/aromatic N) is 2. The zero-order chi connectivity index (χ0) is 13.9. The summed E-state index contributed by atoms with van der Waals surface area (Å²) in [6.07, 6.45) is 1.91. The van der Waals surface area contributed by atoms with Crippen molar-refractivity contribution in [2.24, 2.45) is 0 Å². The molecule has 0 unspecified atom stereocenters. The van der Waals surface area contributed by atoms with E-state index in [4.69, 9.17) is 14.9 Å². The van der Waals surface area contributed by atoms with Crippen LogP contribution in [-0.4, -0.2) is 85.1 Å². The molecule has 0 aromatic carbocycles. The van der Waals surface area contributed by atoms with Gasteiger partial charge in [-0.1, -0.05) is 0 Å². The average molecular weight is 274 g/mol. The van der Waals surface area contributed by atoms with Gasteiger partial charge in [-0.25, -0.2) is 0 Å². The van der Waals surface area contributed by atoms with E-state index < -0.39 is 5.97 Å². The Morgan fingerprint density at radius 1 is 1.16 bits per heavy atom. The van der Waals surface area contributed by atoms with E-state index in [2.05, 4.69) is 9.80 Å². The van der Waals surface area contributed by atoms with Crippen LogP contribution in [0, 0.1) is 0 Å². The van der Waals surface area contributed by atoms with Gasteiger partial charge >= 0.3 is 5.97 Å². The molecule has 2 N–H and O–H groups in total. The number of aliphatic hydroxyl groups is 1. The molecule has 6 nitrogen and oxygen atoms in total. The van der Waals surface area contributed by atoms with E-state index in [-0.39, 0.29) is 13.0 Å². The monoisotopic (exact) mass is 274 g/mol. The quantitative estimate of drug-likeness (QED) is 0.578. The van der Waals surface area contributed by atoms with Crippen molar-refractivity contribution in [3.63, 3.8) is 0 Å². The van der Waals surface area contributed by atoms with Crippen LogP contribution in [0.4, 0.5) is 0 Å². The molecule has 112 valence electrons. The molecular formula is C13H26N2O4. The molecule has 6 heteroatoms. The van der Waals surface area contributed by atoms with Gasteiger partial charge in [-0.15, -0.1) is 0 Å². The largest absolute Gasteiger partial charge is 0.481 e. The van der Waals surface area contributed by atoms with Crippen molar-refractivity contribution < 1.29 is 19.7 Å². The lowest BCUT2D eigenvalue weighted by Crippen LogP contribution is -2.38. The molecular weight excluding hydrogens is 248 g/mol. The molecule has 0 bridgehead atoms. The van der Waals surface area contributed by atoms with Crippen LogP contribution in [0.1, 0.15) is 19.3 Å². The number of carboxylic acids is 1. The molecule has 0 aromatic heterocycles. The molecule has 0 radical (unpaired) electrons. The Kier molecular flexibility index (Phi) is 8.73. The highest BCUT2D eigenvalue weighted by Gasteiger charge is 2.11. The van der Waals surface area contributed by atoms with Crippen LogP contribution in [-0.2, 0) is 9.53 Å². The van der Waals surface area contributed by atoms with Crippen molar-refractivity contribution >= 4 is 5.97 Å². The van der Waals surface area contributed by atoms with Crippen molar-refractivity contribution in [1.29, 1.82) is 0 Å². The second-order valence-corrected chi connectivity index (χ2v) is 4.87. The normalized spacial score (nSPS) is 16.9. The summed E-state index contributed by atoms with van der Waals surface area (Å²) in [4.78, 5) is 15.1. The number of carbonyl (C=O) groups is 1. The lowest BCUT2D eigenvalue weighted by Gasteiger charge is -2.28. The van der Waals surface area contributed by atoms with E-state index in [0.717, 1.165) is 52.4 Å². The lowest BCUT2D eigenvalue weighted by molar-refractivity contribution is -0.137. The Morgan fingerprint density at radius 2 is 1.84 bits per heavy atom. The van der Waals surface area contributed by atoms with Crippen molar-refractivity contribution in [1.82, 2.24) is 9.80 Å². The minimum atomic E-state index is -0.762. The first-order valence-corrected chi connectivity index (χ1v) is 7.07. The summed E-state index contributed by atoms with van der Waals surface area (Å²) < 4.78 is 5.30. The van der Waals surface area contributed by atoms with Crippen LogP contribution < -0.4 is 0 Å². The molecule has 1 rings (SSSR count). The summed E-state index contributed by atoms with van der Waals surface area (Å²) in [6, 6.07) is 0. The fraction of sp³-hybridized carbons (Fsp3) is 0.923. The number of rotatable bonds is 10. The summed E-state index contributed by atoms with van der Waals surface area (Å²) in [5.41, 5.74) is 0. The van der Waals surface area contributed by atoms with Crippen molar-refractivity contribution in [2.45, 2.75) is 19.3 Å². The van der Waals surface area contributed by atoms with E-state index >= 15 is 0 Å². The summed E-state index contributed by atoms with van der Waals surface area (Å²) in [5, 5.41) is 17.6. The van der Waals surface area contributed by atoms with Crippen LogP contribution >= 0.6 is 0 Å². The molecule has 19 heavy (non-hydrogen) atoms. The number of hydrogen-bond acceptors (Lipinski definition) is 5. The first-order valence-electron chi connectivity index (χ1n) is 7.07. The minimum Gasteiger partial charge on any atom is -0.481 e. The average Bonchev–Trinajstić information content (AvgIpc) is 2.42. The molecule has 1 aliphatic heterocycles. The number of aliphatic carboxylic acids is 1. The molecule has 0 spiro atoms. The van der Waals surface area contributed by atoms with Crippen molar-refractivity contribution in [3.8, 4) is 0 Å². The maximum Gasteiger partial charge on any atom is 0.304 e. The Hall–Kier alpha value is -0.690. The second kappa shape index (κ2) is 10.1. The molecule has 1 heterocycles. The number of ether oxygens (including phenoxy) is 1. The predicted octanol–water partition coefficient (Wildman–Crippen LogP) is -0.132. The van der Waals surface area contributed by atoms with Gasteiger partial charge in [0, 0.05) is 32.8 Å². The van der Waals surface area contributed by atoms with E-state index in [9.17, 15) is 4.79 Å². The van der Waals surface area contributed by atoms with Crippen molar-refractivity contribution in [2.75, 3.05) is 59.1 Å². The highest BCUT2D eigenvalue weighted by Crippen LogP contribution is 2.01. The Bertz CT molecular complexity index is 245. The van der Waals surface area contributed by atoms with Gasteiger partial charge in [0.05, 0.1) is 19.6 Å². The summed E-state index contributed by atoms with van der Waals surface area (Å²) in [6.45, 7) is 7.03. The highest BCUT2D eigenvalue weighted by molar-refractivity contribution is 5.66. The first kappa shape index (κ1) is 16.4. The van der Waals surface area contributed by atoms with Crippen LogP contribution in [0.25, 0.3) is 0 Å².